The van der Waals surface area contributed by atoms with Gasteiger partial charge in [0.1, 0.15) is 5.54 Å². The third kappa shape index (κ3) is 3.55. The van der Waals surface area contributed by atoms with E-state index in [-0.39, 0.29) is 6.54 Å². The minimum absolute atomic E-state index is 0.256. The summed E-state index contributed by atoms with van der Waals surface area (Å²) in [6.45, 7) is 4.89. The molecule has 0 aliphatic carbocycles. The number of rotatable bonds is 4. The second kappa shape index (κ2) is 6.33. The predicted molar refractivity (Wildman–Crippen MR) is 79.6 cm³/mol. The van der Waals surface area contributed by atoms with Gasteiger partial charge >= 0.3 is 12.0 Å². The number of nitrogens with zero attached hydrogens (tertiary/aromatic N) is 1. The van der Waals surface area contributed by atoms with Gasteiger partial charge in [0.25, 0.3) is 0 Å². The molecule has 0 bridgehead atoms. The zero-order valence-electron chi connectivity index (χ0n) is 11.4. The molecule has 0 spiro atoms. The normalized spacial score (nSPS) is 11.1. The van der Waals surface area contributed by atoms with Crippen molar-refractivity contribution in [2.75, 3.05) is 11.9 Å². The molecule has 0 atom stereocenters. The van der Waals surface area contributed by atoms with Gasteiger partial charge in [0.05, 0.1) is 10.0 Å². The molecular weight excluding hydrogens is 303 g/mol. The van der Waals surface area contributed by atoms with Crippen molar-refractivity contribution >= 4 is 40.9 Å². The molecule has 0 saturated carbocycles. The highest BCUT2D eigenvalue weighted by Crippen LogP contribution is 2.25. The molecule has 0 aliphatic heterocycles. The maximum atomic E-state index is 12.2. The predicted octanol–water partition coefficient (Wildman–Crippen LogP) is 3.71. The van der Waals surface area contributed by atoms with Gasteiger partial charge < -0.3 is 15.3 Å². The Bertz CT molecular complexity index is 532. The fourth-order valence-electron chi connectivity index (χ4n) is 1.67. The SMILES string of the molecule is CCN(C(=O)Nc1ccc(Cl)c(Cl)c1)C(C)(C)C(=O)O. The average Bonchev–Trinajstić information content (AvgIpc) is 2.34. The molecule has 5 nitrogen and oxygen atoms in total. The van der Waals surface area contributed by atoms with Crippen LogP contribution in [0.4, 0.5) is 10.5 Å². The summed E-state index contributed by atoms with van der Waals surface area (Å²) in [5.41, 5.74) is -0.862. The first-order chi connectivity index (χ1) is 9.20. The lowest BCUT2D eigenvalue weighted by Crippen LogP contribution is -2.54. The third-order valence-corrected chi connectivity index (χ3v) is 3.67. The molecule has 0 fully saturated rings. The van der Waals surface area contributed by atoms with E-state index in [0.29, 0.717) is 15.7 Å². The Kier molecular flexibility index (Phi) is 5.25. The van der Waals surface area contributed by atoms with Crippen LogP contribution in [0.2, 0.25) is 10.0 Å². The van der Waals surface area contributed by atoms with Gasteiger partial charge in [-0.15, -0.1) is 0 Å². The van der Waals surface area contributed by atoms with E-state index in [9.17, 15) is 14.7 Å². The van der Waals surface area contributed by atoms with Crippen LogP contribution in [0.25, 0.3) is 0 Å². The number of carboxylic acid groups (broad SMARTS) is 1. The van der Waals surface area contributed by atoms with Gasteiger partial charge in [-0.2, -0.15) is 0 Å². The summed E-state index contributed by atoms with van der Waals surface area (Å²) in [4.78, 5) is 24.6. The van der Waals surface area contributed by atoms with E-state index in [0.717, 1.165) is 0 Å². The number of benzene rings is 1. The first kappa shape index (κ1) is 16.6. The number of aliphatic carboxylic acids is 1. The summed E-state index contributed by atoms with van der Waals surface area (Å²) in [7, 11) is 0. The Morgan fingerprint density at radius 2 is 1.90 bits per heavy atom. The molecule has 0 unspecified atom stereocenters. The van der Waals surface area contributed by atoms with Crippen LogP contribution in [0.5, 0.6) is 0 Å². The lowest BCUT2D eigenvalue weighted by Gasteiger charge is -2.34. The Morgan fingerprint density at radius 1 is 1.30 bits per heavy atom. The van der Waals surface area contributed by atoms with Crippen LogP contribution in [-0.2, 0) is 4.79 Å². The molecule has 20 heavy (non-hydrogen) atoms. The molecule has 0 aromatic heterocycles. The average molecular weight is 319 g/mol. The van der Waals surface area contributed by atoms with Crippen LogP contribution < -0.4 is 5.32 Å². The minimum Gasteiger partial charge on any atom is -0.480 e. The van der Waals surface area contributed by atoms with E-state index in [1.54, 1.807) is 19.1 Å². The van der Waals surface area contributed by atoms with Gasteiger partial charge in [0, 0.05) is 12.2 Å². The number of hydrogen-bond donors (Lipinski definition) is 2. The van der Waals surface area contributed by atoms with Gasteiger partial charge in [-0.05, 0) is 39.0 Å². The standard InChI is InChI=1S/C13H16Cl2N2O3/c1-4-17(13(2,3)11(18)19)12(20)16-8-5-6-9(14)10(15)7-8/h5-7H,4H2,1-3H3,(H,16,20)(H,18,19). The van der Waals surface area contributed by atoms with Gasteiger partial charge in [-0.1, -0.05) is 23.2 Å². The number of urea groups is 1. The number of carbonyl (C=O) groups excluding carboxylic acids is 1. The molecule has 7 heteroatoms. The van der Waals surface area contributed by atoms with Crippen molar-refractivity contribution in [3.05, 3.63) is 28.2 Å². The van der Waals surface area contributed by atoms with Crippen LogP contribution in [0, 0.1) is 0 Å². The van der Waals surface area contributed by atoms with Crippen LogP contribution in [0.15, 0.2) is 18.2 Å². The van der Waals surface area contributed by atoms with E-state index in [1.165, 1.54) is 24.8 Å². The van der Waals surface area contributed by atoms with Crippen molar-refractivity contribution in [3.8, 4) is 0 Å². The maximum absolute atomic E-state index is 12.2. The van der Waals surface area contributed by atoms with Crippen molar-refractivity contribution < 1.29 is 14.7 Å². The lowest BCUT2D eigenvalue weighted by molar-refractivity contribution is -0.147. The van der Waals surface area contributed by atoms with Crippen LogP contribution in [-0.4, -0.2) is 34.1 Å². The summed E-state index contributed by atoms with van der Waals surface area (Å²) >= 11 is 11.6. The molecule has 0 heterocycles. The molecule has 1 aromatic rings. The summed E-state index contributed by atoms with van der Waals surface area (Å²) in [5, 5.41) is 12.5. The lowest BCUT2D eigenvalue weighted by atomic mass is 10.0. The van der Waals surface area contributed by atoms with Crippen LogP contribution in [0.1, 0.15) is 20.8 Å². The zero-order valence-corrected chi connectivity index (χ0v) is 12.9. The minimum atomic E-state index is -1.31. The monoisotopic (exact) mass is 318 g/mol. The number of carboxylic acids is 1. The van der Waals surface area contributed by atoms with E-state index < -0.39 is 17.5 Å². The largest absolute Gasteiger partial charge is 0.480 e. The number of nitrogens with one attached hydrogen (secondary N) is 1. The highest BCUT2D eigenvalue weighted by molar-refractivity contribution is 6.42. The number of anilines is 1. The Morgan fingerprint density at radius 3 is 2.35 bits per heavy atom. The second-order valence-electron chi connectivity index (χ2n) is 4.67. The smallest absolute Gasteiger partial charge is 0.329 e. The molecule has 1 aromatic carbocycles. The molecule has 2 amide bonds. The van der Waals surface area contributed by atoms with Crippen molar-refractivity contribution in [1.82, 2.24) is 4.90 Å². The molecule has 110 valence electrons. The van der Waals surface area contributed by atoms with Crippen LogP contribution in [0.3, 0.4) is 0 Å². The van der Waals surface area contributed by atoms with Gasteiger partial charge in [0.15, 0.2) is 0 Å². The highest BCUT2D eigenvalue weighted by Gasteiger charge is 2.36. The van der Waals surface area contributed by atoms with E-state index in [2.05, 4.69) is 5.32 Å². The van der Waals surface area contributed by atoms with E-state index in [4.69, 9.17) is 23.2 Å². The summed E-state index contributed by atoms with van der Waals surface area (Å²) in [6.07, 6.45) is 0. The van der Waals surface area contributed by atoms with Crippen LogP contribution >= 0.6 is 23.2 Å². The number of carbonyl (C=O) groups is 2. The molecular formula is C13H16Cl2N2O3. The molecule has 0 aliphatic rings. The quantitative estimate of drug-likeness (QED) is 0.889. The number of likely N-dealkylation sites (N-methyl/N-ethyl adjacent to an activating group) is 1. The van der Waals surface area contributed by atoms with E-state index >= 15 is 0 Å². The molecule has 0 saturated heterocycles. The van der Waals surface area contributed by atoms with Crippen molar-refractivity contribution in [3.63, 3.8) is 0 Å². The summed E-state index contributed by atoms with van der Waals surface area (Å²) in [6, 6.07) is 4.13. The first-order valence-electron chi connectivity index (χ1n) is 5.97. The van der Waals surface area contributed by atoms with Gasteiger partial charge in [0.2, 0.25) is 0 Å². The van der Waals surface area contributed by atoms with Gasteiger partial charge in [-0.3, -0.25) is 0 Å². The highest BCUT2D eigenvalue weighted by atomic mass is 35.5. The Balaban J connectivity index is 2.93. The summed E-state index contributed by atoms with van der Waals surface area (Å²) < 4.78 is 0. The molecule has 0 radical (unpaired) electrons. The van der Waals surface area contributed by atoms with E-state index in [1.807, 2.05) is 0 Å². The Hall–Kier alpha value is -1.46. The fraction of sp³-hybridized carbons (Fsp3) is 0.385. The number of halogens is 2. The van der Waals surface area contributed by atoms with Crippen molar-refractivity contribution in [2.45, 2.75) is 26.3 Å². The summed E-state index contributed by atoms with van der Waals surface area (Å²) in [5.74, 6) is -1.08. The third-order valence-electron chi connectivity index (χ3n) is 2.93. The first-order valence-corrected chi connectivity index (χ1v) is 6.72. The van der Waals surface area contributed by atoms with Crippen molar-refractivity contribution in [2.24, 2.45) is 0 Å². The fourth-order valence-corrected chi connectivity index (χ4v) is 1.97. The maximum Gasteiger partial charge on any atom is 0.329 e. The zero-order chi connectivity index (χ0) is 15.5. The Labute approximate surface area is 127 Å². The van der Waals surface area contributed by atoms with Gasteiger partial charge in [-0.25, -0.2) is 9.59 Å². The van der Waals surface area contributed by atoms with Crippen molar-refractivity contribution in [1.29, 1.82) is 0 Å². The topological polar surface area (TPSA) is 69.6 Å². The molecule has 2 N–H and O–H groups in total. The number of amides is 2. The second-order valence-corrected chi connectivity index (χ2v) is 5.48. The number of hydrogen-bond acceptors (Lipinski definition) is 2. The molecule has 1 rings (SSSR count).